The summed E-state index contributed by atoms with van der Waals surface area (Å²) in [5.41, 5.74) is 1.64. The number of nitrogens with one attached hydrogen (secondary N) is 1. The number of para-hydroxylation sites is 1. The van der Waals surface area contributed by atoms with E-state index >= 15 is 0 Å². The van der Waals surface area contributed by atoms with Gasteiger partial charge in [-0.1, -0.05) is 24.3 Å². The number of benzene rings is 1. The molecule has 0 bridgehead atoms. The van der Waals surface area contributed by atoms with Gasteiger partial charge < -0.3 is 4.74 Å². The van der Waals surface area contributed by atoms with E-state index in [0.717, 1.165) is 5.56 Å². The number of nitrogens with zero attached hydrogens (tertiary/aromatic N) is 5. The van der Waals surface area contributed by atoms with Gasteiger partial charge in [0.1, 0.15) is 23.0 Å². The van der Waals surface area contributed by atoms with Crippen LogP contribution in [0.1, 0.15) is 56.1 Å². The average Bonchev–Trinajstić information content (AvgIpc) is 3.13. The van der Waals surface area contributed by atoms with E-state index in [2.05, 4.69) is 24.9 Å². The summed E-state index contributed by atoms with van der Waals surface area (Å²) in [4.78, 5) is 8.56. The Morgan fingerprint density at radius 1 is 1.15 bits per heavy atom. The van der Waals surface area contributed by atoms with Crippen molar-refractivity contribution in [3.63, 3.8) is 0 Å². The SMILES string of the molecule is Cc1cnc([C@H](OC(C)C)[C@H](C)S(=O)(=O)Nc2nnc3n2-c2c(F)cccc2/C=C\CC3)nc1. The molecular formula is C23H27FN6O3S. The Labute approximate surface area is 198 Å². The molecule has 2 atom stereocenters. The zero-order chi connectivity index (χ0) is 24.5. The minimum absolute atomic E-state index is 0.0865. The van der Waals surface area contributed by atoms with E-state index in [1.54, 1.807) is 24.5 Å². The Morgan fingerprint density at radius 3 is 2.59 bits per heavy atom. The number of anilines is 1. The Bertz CT molecular complexity index is 1300. The number of sulfonamides is 1. The number of ether oxygens (including phenoxy) is 1. The van der Waals surface area contributed by atoms with Crippen LogP contribution in [0.15, 0.2) is 36.7 Å². The summed E-state index contributed by atoms with van der Waals surface area (Å²) in [6, 6.07) is 4.68. The molecule has 0 saturated carbocycles. The number of aryl methyl sites for hydroxylation is 2. The standard InChI is InChI=1S/C23H27FN6O3S/c1-14(2)33-21(22-25-12-15(3)13-26-22)16(4)34(31,32)29-23-28-27-19-11-6-5-8-17-9-7-10-18(24)20(17)30(19)23/h5,7-10,12-14,16,21H,6,11H2,1-4H3,(H,28,29)/b8-5-/t16-,21+/m0/s1. The third-order valence-corrected chi connectivity index (χ3v) is 7.12. The number of allylic oxidation sites excluding steroid dienone is 1. The monoisotopic (exact) mass is 486 g/mol. The highest BCUT2D eigenvalue weighted by molar-refractivity contribution is 7.93. The molecule has 3 aromatic rings. The lowest BCUT2D eigenvalue weighted by molar-refractivity contribution is 0.00152. The van der Waals surface area contributed by atoms with Crippen molar-refractivity contribution in [2.24, 2.45) is 0 Å². The van der Waals surface area contributed by atoms with E-state index < -0.39 is 27.2 Å². The van der Waals surface area contributed by atoms with Gasteiger partial charge in [0.2, 0.25) is 16.0 Å². The Kier molecular flexibility index (Phi) is 6.76. The van der Waals surface area contributed by atoms with Crippen molar-refractivity contribution >= 4 is 22.0 Å². The Hall–Kier alpha value is -3.18. The molecule has 0 saturated heterocycles. The molecule has 0 fully saturated rings. The van der Waals surface area contributed by atoms with E-state index in [-0.39, 0.29) is 23.6 Å². The van der Waals surface area contributed by atoms with Crippen molar-refractivity contribution in [1.29, 1.82) is 0 Å². The predicted molar refractivity (Wildman–Crippen MR) is 126 cm³/mol. The number of halogens is 1. The van der Waals surface area contributed by atoms with Crippen molar-refractivity contribution in [2.45, 2.75) is 58.0 Å². The molecule has 3 heterocycles. The summed E-state index contributed by atoms with van der Waals surface area (Å²) in [5, 5.41) is 7.10. The maximum Gasteiger partial charge on any atom is 0.243 e. The second-order valence-corrected chi connectivity index (χ2v) is 10.5. The molecule has 0 amide bonds. The second kappa shape index (κ2) is 9.59. The van der Waals surface area contributed by atoms with Crippen molar-refractivity contribution in [3.8, 4) is 5.69 Å². The average molecular weight is 487 g/mol. The summed E-state index contributed by atoms with van der Waals surface area (Å²) >= 11 is 0. The van der Waals surface area contributed by atoms with E-state index in [1.807, 2.05) is 32.9 Å². The van der Waals surface area contributed by atoms with Crippen LogP contribution in [0.25, 0.3) is 11.8 Å². The summed E-state index contributed by atoms with van der Waals surface area (Å²) in [6.45, 7) is 6.97. The van der Waals surface area contributed by atoms with Gasteiger partial charge in [0.15, 0.2) is 5.82 Å². The van der Waals surface area contributed by atoms with E-state index in [0.29, 0.717) is 24.2 Å². The maximum atomic E-state index is 14.9. The van der Waals surface area contributed by atoms with E-state index in [1.165, 1.54) is 17.6 Å². The molecule has 1 aliphatic heterocycles. The molecule has 2 aromatic heterocycles. The maximum absolute atomic E-state index is 14.9. The first-order chi connectivity index (χ1) is 16.2. The van der Waals surface area contributed by atoms with Crippen LogP contribution >= 0.6 is 0 Å². The molecule has 0 aliphatic carbocycles. The van der Waals surface area contributed by atoms with Crippen LogP contribution in [0, 0.1) is 12.7 Å². The van der Waals surface area contributed by atoms with Gasteiger partial charge in [-0.05, 0) is 45.7 Å². The summed E-state index contributed by atoms with van der Waals surface area (Å²) in [5.74, 6) is 0.123. The van der Waals surface area contributed by atoms with Crippen molar-refractivity contribution < 1.29 is 17.5 Å². The van der Waals surface area contributed by atoms with Crippen LogP contribution < -0.4 is 4.72 Å². The third kappa shape index (κ3) is 4.85. The molecule has 1 N–H and O–H groups in total. The first-order valence-electron chi connectivity index (χ1n) is 11.0. The molecule has 0 unspecified atom stereocenters. The molecule has 1 aliphatic rings. The quantitative estimate of drug-likeness (QED) is 0.541. The highest BCUT2D eigenvalue weighted by Crippen LogP contribution is 2.30. The third-order valence-electron chi connectivity index (χ3n) is 5.43. The fourth-order valence-electron chi connectivity index (χ4n) is 3.71. The lowest BCUT2D eigenvalue weighted by atomic mass is 10.1. The number of hydrogen-bond acceptors (Lipinski definition) is 7. The first-order valence-corrected chi connectivity index (χ1v) is 12.6. The summed E-state index contributed by atoms with van der Waals surface area (Å²) < 4.78 is 51.7. The number of hydrogen-bond donors (Lipinski definition) is 1. The highest BCUT2D eigenvalue weighted by atomic mass is 32.2. The molecule has 0 spiro atoms. The molecule has 0 radical (unpaired) electrons. The Balaban J connectivity index is 1.73. The minimum atomic E-state index is -4.08. The van der Waals surface area contributed by atoms with Gasteiger partial charge in [-0.15, -0.1) is 10.2 Å². The largest absolute Gasteiger partial charge is 0.366 e. The smallest absolute Gasteiger partial charge is 0.243 e. The van der Waals surface area contributed by atoms with Crippen molar-refractivity contribution in [2.75, 3.05) is 4.72 Å². The van der Waals surface area contributed by atoms with Gasteiger partial charge in [0, 0.05) is 24.4 Å². The van der Waals surface area contributed by atoms with Gasteiger partial charge in [0.05, 0.1) is 11.8 Å². The van der Waals surface area contributed by atoms with Crippen LogP contribution in [-0.4, -0.2) is 44.5 Å². The van der Waals surface area contributed by atoms with E-state index in [4.69, 9.17) is 4.74 Å². The normalized spacial score (nSPS) is 16.2. The van der Waals surface area contributed by atoms with Gasteiger partial charge in [-0.25, -0.2) is 22.8 Å². The van der Waals surface area contributed by atoms with Crippen LogP contribution in [0.3, 0.4) is 0 Å². The molecule has 1 aromatic carbocycles. The first kappa shape index (κ1) is 24.0. The fraction of sp³-hybridized carbons (Fsp3) is 0.391. The highest BCUT2D eigenvalue weighted by Gasteiger charge is 2.36. The van der Waals surface area contributed by atoms with Crippen LogP contribution in [0.5, 0.6) is 0 Å². The molecular weight excluding hydrogens is 459 g/mol. The molecule has 11 heteroatoms. The fourth-order valence-corrected chi connectivity index (χ4v) is 4.80. The zero-order valence-corrected chi connectivity index (χ0v) is 20.3. The van der Waals surface area contributed by atoms with Gasteiger partial charge in [-0.2, -0.15) is 0 Å². The summed E-state index contributed by atoms with van der Waals surface area (Å²) in [7, 11) is -4.08. The predicted octanol–water partition coefficient (Wildman–Crippen LogP) is 3.76. The molecule has 34 heavy (non-hydrogen) atoms. The second-order valence-electron chi connectivity index (χ2n) is 8.47. The number of aromatic nitrogens is 5. The van der Waals surface area contributed by atoms with Gasteiger partial charge >= 0.3 is 0 Å². The zero-order valence-electron chi connectivity index (χ0n) is 19.4. The van der Waals surface area contributed by atoms with Crippen molar-refractivity contribution in [3.05, 3.63) is 65.3 Å². The van der Waals surface area contributed by atoms with Gasteiger partial charge in [-0.3, -0.25) is 9.29 Å². The summed E-state index contributed by atoms with van der Waals surface area (Å²) in [6.07, 6.45) is 6.90. The topological polar surface area (TPSA) is 112 Å². The number of rotatable bonds is 7. The van der Waals surface area contributed by atoms with Gasteiger partial charge in [0.25, 0.3) is 0 Å². The van der Waals surface area contributed by atoms with Crippen LogP contribution in [0.2, 0.25) is 0 Å². The Morgan fingerprint density at radius 2 is 1.88 bits per heavy atom. The van der Waals surface area contributed by atoms with Crippen LogP contribution in [-0.2, 0) is 21.2 Å². The lowest BCUT2D eigenvalue weighted by Gasteiger charge is -2.25. The minimum Gasteiger partial charge on any atom is -0.366 e. The molecule has 180 valence electrons. The van der Waals surface area contributed by atoms with Crippen molar-refractivity contribution in [1.82, 2.24) is 24.7 Å². The molecule has 9 nitrogen and oxygen atoms in total. The molecule has 4 rings (SSSR count). The van der Waals surface area contributed by atoms with E-state index in [9.17, 15) is 12.8 Å². The van der Waals surface area contributed by atoms with Crippen LogP contribution in [0.4, 0.5) is 10.3 Å². The number of fused-ring (bicyclic) bond motifs is 3. The lowest BCUT2D eigenvalue weighted by Crippen LogP contribution is -2.35.